The Labute approximate surface area is 83.4 Å². The van der Waals surface area contributed by atoms with Crippen LogP contribution in [0.5, 0.6) is 0 Å². The van der Waals surface area contributed by atoms with Gasteiger partial charge in [0.15, 0.2) is 0 Å². The van der Waals surface area contributed by atoms with Crippen LogP contribution in [0.2, 0.25) is 0 Å². The molecule has 0 saturated carbocycles. The number of carbonyl (C=O) groups excluding carboxylic acids is 1. The van der Waals surface area contributed by atoms with Crippen LogP contribution in [-0.4, -0.2) is 24.3 Å². The second kappa shape index (κ2) is 4.65. The van der Waals surface area contributed by atoms with Gasteiger partial charge in [-0.1, -0.05) is 30.3 Å². The smallest absolute Gasteiger partial charge is 0.209 e. The third-order valence-corrected chi connectivity index (χ3v) is 1.96. The fraction of sp³-hybridized carbons (Fsp3) is 0.364. The van der Waals surface area contributed by atoms with Crippen molar-refractivity contribution in [2.45, 2.75) is 19.4 Å². The van der Waals surface area contributed by atoms with Crippen LogP contribution >= 0.6 is 0 Å². The van der Waals surface area contributed by atoms with Crippen molar-refractivity contribution < 1.29 is 8.91 Å². The third kappa shape index (κ3) is 2.90. The van der Waals surface area contributed by atoms with E-state index in [1.807, 2.05) is 30.3 Å². The number of likely N-dealkylation sites (N-methyl/N-ethyl adjacent to an activating group) is 1. The highest BCUT2D eigenvalue weighted by atomic mass is 16.1. The highest BCUT2D eigenvalue weighted by molar-refractivity contribution is 5.47. The van der Waals surface area contributed by atoms with Crippen LogP contribution in [0.25, 0.3) is 0 Å². The molecule has 1 aromatic carbocycles. The molecule has 0 N–H and O–H groups in total. The molecule has 0 aliphatic rings. The molecular weight excluding hydrogens is 162 g/mol. The number of benzene rings is 1. The van der Waals surface area contributed by atoms with Gasteiger partial charge in [0.1, 0.15) is 0 Å². The van der Waals surface area contributed by atoms with Gasteiger partial charge in [-0.15, -0.1) is 0 Å². The van der Waals surface area contributed by atoms with E-state index in [-0.39, 0.29) is 6.04 Å². The maximum absolute atomic E-state index is 10.7. The molecule has 1 atom stereocenters. The van der Waals surface area contributed by atoms with Crippen LogP contribution < -0.4 is 0 Å². The number of rotatable bonds is 4. The monoisotopic (exact) mass is 180 g/mol. The molecule has 0 aliphatic heterocycles. The van der Waals surface area contributed by atoms with E-state index in [2.05, 4.69) is 0 Å². The summed E-state index contributed by atoms with van der Waals surface area (Å²) in [6.07, 6.45) is 0.929. The molecule has 0 spiro atoms. The van der Waals surface area contributed by atoms with Gasteiger partial charge in [0.2, 0.25) is 6.41 Å². The van der Waals surface area contributed by atoms with Gasteiger partial charge in [-0.05, 0) is 18.9 Å². The summed E-state index contributed by atoms with van der Waals surface area (Å²) in [5.41, 5.74) is 1.02. The maximum atomic E-state index is 10.7. The number of hydrogen-bond acceptors (Lipinski definition) is 1. The number of amides is 1. The zero-order valence-corrected chi connectivity index (χ0v) is 7.60. The molecule has 0 radical (unpaired) electrons. The van der Waals surface area contributed by atoms with Crippen LogP contribution in [0.1, 0.15) is 16.6 Å². The molecule has 1 amide bonds. The predicted molar refractivity (Wildman–Crippen MR) is 53.4 cm³/mol. The Balaban J connectivity index is 2.71. The number of carbonyl (C=O) groups is 1. The third-order valence-electron chi connectivity index (χ3n) is 1.96. The minimum absolute atomic E-state index is 0.340. The van der Waals surface area contributed by atoms with Crippen molar-refractivity contribution in [3.63, 3.8) is 0 Å². The molecular formula is C11H15NO. The fourth-order valence-corrected chi connectivity index (χ4v) is 1.16. The molecule has 0 aliphatic carbocycles. The molecule has 0 heterocycles. The second-order valence-corrected chi connectivity index (χ2v) is 3.05. The molecule has 2 nitrogen and oxygen atoms in total. The lowest BCUT2D eigenvalue weighted by atomic mass is 10.1. The lowest BCUT2D eigenvalue weighted by molar-refractivity contribution is -0.118. The first kappa shape index (κ1) is 6.19. The van der Waals surface area contributed by atoms with Crippen molar-refractivity contribution in [3.05, 3.63) is 35.9 Å². The first-order valence-electron chi connectivity index (χ1n) is 5.73. The second-order valence-electron chi connectivity index (χ2n) is 3.05. The summed E-state index contributed by atoms with van der Waals surface area (Å²) in [6, 6.07) is 9.17. The van der Waals surface area contributed by atoms with E-state index < -0.39 is 6.98 Å². The Bertz CT molecular complexity index is 337. The van der Waals surface area contributed by atoms with Gasteiger partial charge < -0.3 is 4.90 Å². The zero-order chi connectivity index (χ0) is 12.2. The SMILES string of the molecule is [2H]C([2H])([2H])N(C=O)[C@@H](C)Cc1ccccc1. The number of nitrogens with zero attached hydrogens (tertiary/aromatic N) is 1. The molecule has 1 rings (SSSR count). The van der Waals surface area contributed by atoms with Crippen LogP contribution in [0, 0.1) is 0 Å². The summed E-state index contributed by atoms with van der Waals surface area (Å²) >= 11 is 0. The summed E-state index contributed by atoms with van der Waals surface area (Å²) in [4.78, 5) is 11.6. The largest absolute Gasteiger partial charge is 0.345 e. The Kier molecular flexibility index (Phi) is 2.21. The molecule has 0 fully saturated rings. The summed E-state index contributed by atoms with van der Waals surface area (Å²) in [5.74, 6) is 0. The van der Waals surface area contributed by atoms with Crippen molar-refractivity contribution in [3.8, 4) is 0 Å². The molecule has 1 aromatic rings. The standard InChI is InChI=1S/C11H15NO/c1-10(12(2)9-13)8-11-6-4-3-5-7-11/h3-7,9-10H,8H2,1-2H3/t10-/m0/s1/i2D3. The molecule has 13 heavy (non-hydrogen) atoms. The quantitative estimate of drug-likeness (QED) is 0.646. The number of hydrogen-bond donors (Lipinski definition) is 0. The van der Waals surface area contributed by atoms with E-state index in [1.165, 1.54) is 0 Å². The first-order chi connectivity index (χ1) is 7.45. The Morgan fingerprint density at radius 2 is 2.23 bits per heavy atom. The lowest BCUT2D eigenvalue weighted by Gasteiger charge is -2.19. The molecule has 0 bridgehead atoms. The van der Waals surface area contributed by atoms with Gasteiger partial charge in [0.05, 0.1) is 0 Å². The van der Waals surface area contributed by atoms with Crippen molar-refractivity contribution in [2.75, 3.05) is 6.98 Å². The van der Waals surface area contributed by atoms with E-state index in [9.17, 15) is 4.79 Å². The predicted octanol–water partition coefficient (Wildman–Crippen LogP) is 1.71. The van der Waals surface area contributed by atoms with Crippen molar-refractivity contribution in [1.29, 1.82) is 0 Å². The maximum Gasteiger partial charge on any atom is 0.209 e. The molecule has 70 valence electrons. The first-order valence-corrected chi connectivity index (χ1v) is 4.23. The topological polar surface area (TPSA) is 20.3 Å². The van der Waals surface area contributed by atoms with Gasteiger partial charge >= 0.3 is 0 Å². The Morgan fingerprint density at radius 1 is 1.54 bits per heavy atom. The summed E-state index contributed by atoms with van der Waals surface area (Å²) in [5, 5.41) is 0. The minimum atomic E-state index is -2.37. The van der Waals surface area contributed by atoms with Crippen LogP contribution in [0.4, 0.5) is 0 Å². The minimum Gasteiger partial charge on any atom is -0.345 e. The molecule has 0 aromatic heterocycles. The van der Waals surface area contributed by atoms with Crippen LogP contribution in [0.3, 0.4) is 0 Å². The van der Waals surface area contributed by atoms with E-state index in [0.29, 0.717) is 12.8 Å². The van der Waals surface area contributed by atoms with E-state index >= 15 is 0 Å². The van der Waals surface area contributed by atoms with Crippen LogP contribution in [0.15, 0.2) is 30.3 Å². The van der Waals surface area contributed by atoms with Gasteiger partial charge in [-0.3, -0.25) is 4.79 Å². The summed E-state index contributed by atoms with van der Waals surface area (Å²) < 4.78 is 21.6. The highest BCUT2D eigenvalue weighted by Crippen LogP contribution is 2.05. The normalized spacial score (nSPS) is 16.5. The van der Waals surface area contributed by atoms with Crippen molar-refractivity contribution in [1.82, 2.24) is 4.90 Å². The van der Waals surface area contributed by atoms with Crippen LogP contribution in [-0.2, 0) is 11.2 Å². The van der Waals surface area contributed by atoms with Crippen molar-refractivity contribution >= 4 is 6.41 Å². The van der Waals surface area contributed by atoms with Gasteiger partial charge in [-0.2, -0.15) is 0 Å². The summed E-state index contributed by atoms with van der Waals surface area (Å²) in [7, 11) is 0. The summed E-state index contributed by atoms with van der Waals surface area (Å²) in [6.45, 7) is -0.635. The zero-order valence-electron chi connectivity index (χ0n) is 10.6. The van der Waals surface area contributed by atoms with Gasteiger partial charge in [0.25, 0.3) is 0 Å². The van der Waals surface area contributed by atoms with Gasteiger partial charge in [-0.25, -0.2) is 0 Å². The average molecular weight is 180 g/mol. The Hall–Kier alpha value is -1.31. The fourth-order valence-electron chi connectivity index (χ4n) is 1.16. The van der Waals surface area contributed by atoms with Crippen molar-refractivity contribution in [2.24, 2.45) is 0 Å². The lowest BCUT2D eigenvalue weighted by Crippen LogP contribution is -2.29. The molecule has 0 saturated heterocycles. The van der Waals surface area contributed by atoms with Gasteiger partial charge in [0, 0.05) is 17.1 Å². The van der Waals surface area contributed by atoms with E-state index in [4.69, 9.17) is 4.11 Å². The Morgan fingerprint density at radius 3 is 2.77 bits per heavy atom. The molecule has 2 heteroatoms. The van der Waals surface area contributed by atoms with E-state index in [1.54, 1.807) is 6.92 Å². The highest BCUT2D eigenvalue weighted by Gasteiger charge is 2.06. The molecule has 0 unspecified atom stereocenters. The average Bonchev–Trinajstić information content (AvgIpc) is 2.17. The van der Waals surface area contributed by atoms with E-state index in [0.717, 1.165) is 10.5 Å².